The monoisotopic (exact) mass is 318 g/mol. The molecule has 0 atom stereocenters. The molecule has 0 bridgehead atoms. The zero-order valence-corrected chi connectivity index (χ0v) is 14.2. The van der Waals surface area contributed by atoms with E-state index < -0.39 is 6.08 Å². The van der Waals surface area contributed by atoms with Crippen molar-refractivity contribution in [2.75, 3.05) is 0 Å². The second-order valence-electron chi connectivity index (χ2n) is 7.50. The van der Waals surface area contributed by atoms with E-state index in [4.69, 9.17) is 0 Å². The minimum atomic E-state index is -1.46. The molecule has 23 heavy (non-hydrogen) atoms. The average Bonchev–Trinajstić information content (AvgIpc) is 2.52. The Kier molecular flexibility index (Phi) is 5.50. The molecule has 0 unspecified atom stereocenters. The summed E-state index contributed by atoms with van der Waals surface area (Å²) < 4.78 is 24.9. The molecule has 1 aromatic carbocycles. The standard InChI is InChI=1S/C21H28F2/c1-2-3-4-15-5-7-16(8-6-15)17-9-11-18(12-10-17)19-13-20(14-19)21(22)23/h9-12,15-16,19H,2-8,13-14H2,1H3/t15-,16-. The lowest BCUT2D eigenvalue weighted by molar-refractivity contribution is 0.304. The van der Waals surface area contributed by atoms with Gasteiger partial charge in [-0.05, 0) is 73.0 Å². The fourth-order valence-electron chi connectivity index (χ4n) is 4.24. The van der Waals surface area contributed by atoms with Gasteiger partial charge in [0, 0.05) is 0 Å². The Balaban J connectivity index is 1.52. The van der Waals surface area contributed by atoms with Crippen LogP contribution >= 0.6 is 0 Å². The molecular weight excluding hydrogens is 290 g/mol. The maximum atomic E-state index is 12.5. The highest BCUT2D eigenvalue weighted by atomic mass is 19.3. The van der Waals surface area contributed by atoms with Crippen LogP contribution < -0.4 is 0 Å². The third kappa shape index (κ3) is 4.02. The molecule has 3 rings (SSSR count). The molecule has 0 radical (unpaired) electrons. The summed E-state index contributed by atoms with van der Waals surface area (Å²) in [5.74, 6) is 1.97. The maximum absolute atomic E-state index is 12.5. The molecule has 0 N–H and O–H groups in total. The van der Waals surface area contributed by atoms with Crippen molar-refractivity contribution in [3.63, 3.8) is 0 Å². The zero-order valence-electron chi connectivity index (χ0n) is 14.2. The van der Waals surface area contributed by atoms with Crippen molar-refractivity contribution in [2.24, 2.45) is 5.92 Å². The molecule has 2 aliphatic carbocycles. The van der Waals surface area contributed by atoms with Gasteiger partial charge in [0.05, 0.1) is 0 Å². The Morgan fingerprint density at radius 1 is 0.913 bits per heavy atom. The summed E-state index contributed by atoms with van der Waals surface area (Å²) in [5, 5.41) is 0. The number of halogens is 2. The summed E-state index contributed by atoms with van der Waals surface area (Å²) in [7, 11) is 0. The first-order valence-electron chi connectivity index (χ1n) is 9.30. The van der Waals surface area contributed by atoms with Crippen molar-refractivity contribution in [1.82, 2.24) is 0 Å². The highest BCUT2D eigenvalue weighted by Gasteiger charge is 2.28. The number of benzene rings is 1. The normalized spacial score (nSPS) is 27.6. The highest BCUT2D eigenvalue weighted by molar-refractivity contribution is 5.33. The minimum absolute atomic E-state index is 0.310. The second-order valence-corrected chi connectivity index (χ2v) is 7.50. The molecule has 0 spiro atoms. The minimum Gasteiger partial charge on any atom is -0.173 e. The fourth-order valence-corrected chi connectivity index (χ4v) is 4.24. The van der Waals surface area contributed by atoms with E-state index in [1.54, 1.807) is 0 Å². The molecule has 2 fully saturated rings. The van der Waals surface area contributed by atoms with Crippen LogP contribution in [0.3, 0.4) is 0 Å². The molecule has 2 heteroatoms. The quantitative estimate of drug-likeness (QED) is 0.539. The van der Waals surface area contributed by atoms with E-state index in [2.05, 4.69) is 31.2 Å². The summed E-state index contributed by atoms with van der Waals surface area (Å²) in [6.07, 6.45) is 9.11. The predicted molar refractivity (Wildman–Crippen MR) is 91.9 cm³/mol. The van der Waals surface area contributed by atoms with Crippen molar-refractivity contribution >= 4 is 0 Å². The third-order valence-electron chi connectivity index (χ3n) is 5.94. The Morgan fingerprint density at radius 2 is 1.48 bits per heavy atom. The first-order valence-corrected chi connectivity index (χ1v) is 9.30. The van der Waals surface area contributed by atoms with Crippen LogP contribution in [0.2, 0.25) is 0 Å². The summed E-state index contributed by atoms with van der Waals surface area (Å²) in [4.78, 5) is 0. The smallest absolute Gasteiger partial charge is 0.173 e. The van der Waals surface area contributed by atoms with E-state index in [1.165, 1.54) is 56.1 Å². The van der Waals surface area contributed by atoms with Crippen molar-refractivity contribution < 1.29 is 8.78 Å². The molecule has 0 heterocycles. The van der Waals surface area contributed by atoms with Crippen LogP contribution in [0, 0.1) is 5.92 Å². The summed E-state index contributed by atoms with van der Waals surface area (Å²) >= 11 is 0. The van der Waals surface area contributed by atoms with Crippen LogP contribution in [0.25, 0.3) is 0 Å². The summed E-state index contributed by atoms with van der Waals surface area (Å²) in [6, 6.07) is 8.85. The number of rotatable bonds is 5. The van der Waals surface area contributed by atoms with Gasteiger partial charge in [-0.1, -0.05) is 50.5 Å². The average molecular weight is 318 g/mol. The SMILES string of the molecule is CCCC[C@H]1CC[C@H](c2ccc(C3CC(=C(F)F)C3)cc2)CC1. The Bertz CT molecular complexity index is 523. The van der Waals surface area contributed by atoms with E-state index in [0.717, 1.165) is 5.92 Å². The van der Waals surface area contributed by atoms with Crippen molar-refractivity contribution in [2.45, 2.75) is 76.5 Å². The van der Waals surface area contributed by atoms with Crippen LogP contribution in [0.4, 0.5) is 8.78 Å². The van der Waals surface area contributed by atoms with Crippen LogP contribution in [0.15, 0.2) is 35.9 Å². The first-order chi connectivity index (χ1) is 11.2. The van der Waals surface area contributed by atoms with Gasteiger partial charge in [-0.15, -0.1) is 0 Å². The highest BCUT2D eigenvalue weighted by Crippen LogP contribution is 2.44. The topological polar surface area (TPSA) is 0 Å². The Morgan fingerprint density at radius 3 is 2.00 bits per heavy atom. The molecule has 1 aromatic rings. The number of hydrogen-bond acceptors (Lipinski definition) is 0. The van der Waals surface area contributed by atoms with Gasteiger partial charge in [-0.3, -0.25) is 0 Å². The van der Waals surface area contributed by atoms with E-state index in [1.807, 2.05) is 0 Å². The van der Waals surface area contributed by atoms with Crippen LogP contribution in [0.5, 0.6) is 0 Å². The van der Waals surface area contributed by atoms with E-state index in [0.29, 0.717) is 30.3 Å². The molecule has 0 saturated heterocycles. The van der Waals surface area contributed by atoms with Gasteiger partial charge in [0.1, 0.15) is 0 Å². The molecule has 0 nitrogen and oxygen atoms in total. The van der Waals surface area contributed by atoms with Crippen LogP contribution in [-0.4, -0.2) is 0 Å². The van der Waals surface area contributed by atoms with Gasteiger partial charge in [0.15, 0.2) is 0 Å². The molecule has 0 amide bonds. The van der Waals surface area contributed by atoms with Crippen molar-refractivity contribution in [1.29, 1.82) is 0 Å². The van der Waals surface area contributed by atoms with Gasteiger partial charge >= 0.3 is 0 Å². The third-order valence-corrected chi connectivity index (χ3v) is 5.94. The van der Waals surface area contributed by atoms with Gasteiger partial charge < -0.3 is 0 Å². The van der Waals surface area contributed by atoms with E-state index >= 15 is 0 Å². The zero-order chi connectivity index (χ0) is 16.2. The number of unbranched alkanes of at least 4 members (excludes halogenated alkanes) is 1. The van der Waals surface area contributed by atoms with Gasteiger partial charge in [0.2, 0.25) is 0 Å². The molecule has 2 saturated carbocycles. The van der Waals surface area contributed by atoms with Crippen LogP contribution in [-0.2, 0) is 0 Å². The van der Waals surface area contributed by atoms with Gasteiger partial charge in [-0.25, -0.2) is 0 Å². The molecule has 2 aliphatic rings. The Labute approximate surface area is 139 Å². The molecule has 0 aromatic heterocycles. The van der Waals surface area contributed by atoms with Crippen LogP contribution in [0.1, 0.15) is 87.7 Å². The fraction of sp³-hybridized carbons (Fsp3) is 0.619. The predicted octanol–water partition coefficient (Wildman–Crippen LogP) is 7.18. The summed E-state index contributed by atoms with van der Waals surface area (Å²) in [6.45, 7) is 2.27. The number of hydrogen-bond donors (Lipinski definition) is 0. The second kappa shape index (κ2) is 7.59. The van der Waals surface area contributed by atoms with E-state index in [-0.39, 0.29) is 0 Å². The van der Waals surface area contributed by atoms with Crippen molar-refractivity contribution in [3.05, 3.63) is 47.0 Å². The molecular formula is C21H28F2. The van der Waals surface area contributed by atoms with Gasteiger partial charge in [-0.2, -0.15) is 8.78 Å². The Hall–Kier alpha value is -1.18. The maximum Gasteiger partial charge on any atom is 0.269 e. The lowest BCUT2D eigenvalue weighted by atomic mass is 9.74. The van der Waals surface area contributed by atoms with E-state index in [9.17, 15) is 8.78 Å². The molecule has 0 aliphatic heterocycles. The summed E-state index contributed by atoms with van der Waals surface area (Å²) in [5.41, 5.74) is 3.04. The first kappa shape index (κ1) is 16.7. The lowest BCUT2D eigenvalue weighted by Crippen LogP contribution is -2.15. The lowest BCUT2D eigenvalue weighted by Gasteiger charge is -2.30. The largest absolute Gasteiger partial charge is 0.269 e. The number of allylic oxidation sites excluding steroid dienone is 1. The van der Waals surface area contributed by atoms with Gasteiger partial charge in [0.25, 0.3) is 6.08 Å². The van der Waals surface area contributed by atoms with Crippen molar-refractivity contribution in [3.8, 4) is 0 Å². The molecule has 126 valence electrons.